The summed E-state index contributed by atoms with van der Waals surface area (Å²) in [5.74, 6) is -0.447. The molecule has 100 valence electrons. The monoisotopic (exact) mass is 253 g/mol. The Morgan fingerprint density at radius 2 is 1.89 bits per heavy atom. The van der Waals surface area contributed by atoms with Crippen molar-refractivity contribution in [2.75, 3.05) is 11.9 Å². The quantitative estimate of drug-likeness (QED) is 0.646. The molecule has 0 aromatic heterocycles. The molecule has 0 fully saturated rings. The number of halogens is 1. The Balaban J connectivity index is 2.19. The van der Waals surface area contributed by atoms with Crippen LogP contribution in [0.4, 0.5) is 10.1 Å². The molecule has 18 heavy (non-hydrogen) atoms. The van der Waals surface area contributed by atoms with Crippen LogP contribution in [0.15, 0.2) is 24.3 Å². The van der Waals surface area contributed by atoms with Gasteiger partial charge in [-0.05, 0) is 51.5 Å². The number of hydrogen-bond donors (Lipinski definition) is 1. The number of rotatable bonds is 5. The molecule has 1 aromatic carbocycles. The Hall–Kier alpha value is -1.58. The summed E-state index contributed by atoms with van der Waals surface area (Å²) in [6.45, 7) is 6.20. The van der Waals surface area contributed by atoms with E-state index >= 15 is 0 Å². The maximum absolute atomic E-state index is 12.6. The highest BCUT2D eigenvalue weighted by Crippen LogP contribution is 2.10. The lowest BCUT2D eigenvalue weighted by atomic mass is 10.2. The van der Waals surface area contributed by atoms with Gasteiger partial charge in [0.05, 0.1) is 0 Å². The largest absolute Gasteiger partial charge is 0.460 e. The fraction of sp³-hybridized carbons (Fsp3) is 0.500. The second-order valence-corrected chi connectivity index (χ2v) is 5.12. The minimum atomic E-state index is -0.429. The van der Waals surface area contributed by atoms with Crippen molar-refractivity contribution < 1.29 is 13.9 Å². The molecule has 0 aliphatic rings. The maximum atomic E-state index is 12.6. The van der Waals surface area contributed by atoms with Crippen LogP contribution in [-0.4, -0.2) is 18.1 Å². The van der Waals surface area contributed by atoms with Crippen molar-refractivity contribution in [1.82, 2.24) is 0 Å². The number of hydrogen-bond acceptors (Lipinski definition) is 3. The number of carbonyl (C=O) groups is 1. The molecule has 0 heterocycles. The summed E-state index contributed by atoms with van der Waals surface area (Å²) in [5.41, 5.74) is 0.419. The van der Waals surface area contributed by atoms with E-state index in [1.807, 2.05) is 20.8 Å². The number of benzene rings is 1. The van der Waals surface area contributed by atoms with Gasteiger partial charge in [-0.25, -0.2) is 4.39 Å². The molecule has 0 bridgehead atoms. The van der Waals surface area contributed by atoms with Crippen molar-refractivity contribution >= 4 is 11.7 Å². The molecule has 0 radical (unpaired) electrons. The van der Waals surface area contributed by atoms with Crippen LogP contribution in [0, 0.1) is 5.82 Å². The lowest BCUT2D eigenvalue weighted by molar-refractivity contribution is -0.154. The number of anilines is 1. The predicted molar refractivity (Wildman–Crippen MR) is 70.0 cm³/mol. The first-order chi connectivity index (χ1) is 8.37. The predicted octanol–water partition coefficient (Wildman–Crippen LogP) is 3.36. The molecular formula is C14H20FNO2. The summed E-state index contributed by atoms with van der Waals surface area (Å²) < 4.78 is 17.8. The first kappa shape index (κ1) is 14.5. The highest BCUT2D eigenvalue weighted by atomic mass is 19.1. The maximum Gasteiger partial charge on any atom is 0.306 e. The molecule has 0 atom stereocenters. The highest BCUT2D eigenvalue weighted by Gasteiger charge is 2.15. The van der Waals surface area contributed by atoms with Crippen molar-refractivity contribution in [3.63, 3.8) is 0 Å². The van der Waals surface area contributed by atoms with Crippen molar-refractivity contribution in [1.29, 1.82) is 0 Å². The Bertz CT molecular complexity index is 382. The fourth-order valence-corrected chi connectivity index (χ4v) is 1.43. The SMILES string of the molecule is CC(C)(C)OC(=O)CCCNc1ccc(F)cc1. The number of nitrogens with one attached hydrogen (secondary N) is 1. The van der Waals surface area contributed by atoms with Gasteiger partial charge < -0.3 is 10.1 Å². The van der Waals surface area contributed by atoms with Crippen LogP contribution in [0.25, 0.3) is 0 Å². The zero-order valence-corrected chi connectivity index (χ0v) is 11.1. The van der Waals surface area contributed by atoms with Crippen LogP contribution < -0.4 is 5.32 Å². The lowest BCUT2D eigenvalue weighted by Crippen LogP contribution is -2.24. The fourth-order valence-electron chi connectivity index (χ4n) is 1.43. The molecule has 0 aliphatic heterocycles. The van der Waals surface area contributed by atoms with Crippen LogP contribution in [0.5, 0.6) is 0 Å². The van der Waals surface area contributed by atoms with Crippen LogP contribution in [0.1, 0.15) is 33.6 Å². The first-order valence-electron chi connectivity index (χ1n) is 6.08. The van der Waals surface area contributed by atoms with E-state index in [0.29, 0.717) is 19.4 Å². The molecule has 1 N–H and O–H groups in total. The minimum Gasteiger partial charge on any atom is -0.460 e. The first-order valence-corrected chi connectivity index (χ1v) is 6.08. The van der Waals surface area contributed by atoms with Gasteiger partial charge in [-0.3, -0.25) is 4.79 Å². The summed E-state index contributed by atoms with van der Waals surface area (Å²) in [5, 5.41) is 3.12. The Morgan fingerprint density at radius 1 is 1.28 bits per heavy atom. The van der Waals surface area contributed by atoms with Crippen molar-refractivity contribution in [2.24, 2.45) is 0 Å². The molecule has 1 aromatic rings. The van der Waals surface area contributed by atoms with Gasteiger partial charge in [0.1, 0.15) is 11.4 Å². The second kappa shape index (κ2) is 6.38. The van der Waals surface area contributed by atoms with Gasteiger partial charge in [0.15, 0.2) is 0 Å². The zero-order chi connectivity index (χ0) is 13.6. The molecule has 3 nitrogen and oxygen atoms in total. The normalized spacial score (nSPS) is 11.1. The smallest absolute Gasteiger partial charge is 0.306 e. The standard InChI is InChI=1S/C14H20FNO2/c1-14(2,3)18-13(17)5-4-10-16-12-8-6-11(15)7-9-12/h6-9,16H,4-5,10H2,1-3H3. The average Bonchev–Trinajstić information content (AvgIpc) is 2.24. The Kier molecular flexibility index (Phi) is 5.13. The van der Waals surface area contributed by atoms with Gasteiger partial charge in [-0.1, -0.05) is 0 Å². The van der Waals surface area contributed by atoms with E-state index in [-0.39, 0.29) is 11.8 Å². The molecule has 0 amide bonds. The van der Waals surface area contributed by atoms with Crippen LogP contribution in [0.3, 0.4) is 0 Å². The van der Waals surface area contributed by atoms with E-state index in [2.05, 4.69) is 5.32 Å². The van der Waals surface area contributed by atoms with Crippen molar-refractivity contribution in [3.05, 3.63) is 30.1 Å². The van der Waals surface area contributed by atoms with E-state index in [0.717, 1.165) is 5.69 Å². The molecule has 0 aliphatic carbocycles. The van der Waals surface area contributed by atoms with Crippen LogP contribution in [0.2, 0.25) is 0 Å². The second-order valence-electron chi connectivity index (χ2n) is 5.12. The highest BCUT2D eigenvalue weighted by molar-refractivity contribution is 5.69. The summed E-state index contributed by atoms with van der Waals surface area (Å²) in [4.78, 5) is 11.4. The topological polar surface area (TPSA) is 38.3 Å². The zero-order valence-electron chi connectivity index (χ0n) is 11.1. The van der Waals surface area contributed by atoms with Gasteiger partial charge in [0, 0.05) is 18.7 Å². The van der Waals surface area contributed by atoms with Crippen LogP contribution >= 0.6 is 0 Å². The molecule has 0 spiro atoms. The van der Waals surface area contributed by atoms with Gasteiger partial charge >= 0.3 is 5.97 Å². The molecule has 1 rings (SSSR count). The number of ether oxygens (including phenoxy) is 1. The van der Waals surface area contributed by atoms with Crippen LogP contribution in [-0.2, 0) is 9.53 Å². The van der Waals surface area contributed by atoms with E-state index in [1.165, 1.54) is 12.1 Å². The molecule has 0 unspecified atom stereocenters. The minimum absolute atomic E-state index is 0.191. The number of esters is 1. The summed E-state index contributed by atoms with van der Waals surface area (Å²) in [7, 11) is 0. The van der Waals surface area contributed by atoms with E-state index in [1.54, 1.807) is 12.1 Å². The third kappa shape index (κ3) is 6.23. The Morgan fingerprint density at radius 3 is 2.44 bits per heavy atom. The molecule has 4 heteroatoms. The summed E-state index contributed by atoms with van der Waals surface area (Å²) in [6.07, 6.45) is 1.07. The average molecular weight is 253 g/mol. The van der Waals surface area contributed by atoms with E-state index in [4.69, 9.17) is 4.74 Å². The third-order valence-corrected chi connectivity index (χ3v) is 2.15. The molecular weight excluding hydrogens is 233 g/mol. The van der Waals surface area contributed by atoms with Crippen molar-refractivity contribution in [2.45, 2.75) is 39.2 Å². The van der Waals surface area contributed by atoms with Gasteiger partial charge in [0.2, 0.25) is 0 Å². The summed E-state index contributed by atoms with van der Waals surface area (Å²) in [6, 6.07) is 6.14. The van der Waals surface area contributed by atoms with Crippen molar-refractivity contribution in [3.8, 4) is 0 Å². The number of carbonyl (C=O) groups excluding carboxylic acids is 1. The molecule has 0 saturated heterocycles. The summed E-state index contributed by atoms with van der Waals surface area (Å²) >= 11 is 0. The van der Waals surface area contributed by atoms with Gasteiger partial charge in [0.25, 0.3) is 0 Å². The lowest BCUT2D eigenvalue weighted by Gasteiger charge is -2.19. The van der Waals surface area contributed by atoms with E-state index < -0.39 is 5.60 Å². The third-order valence-electron chi connectivity index (χ3n) is 2.15. The van der Waals surface area contributed by atoms with Gasteiger partial charge in [-0.15, -0.1) is 0 Å². The molecule has 0 saturated carbocycles. The Labute approximate surface area is 107 Å². The van der Waals surface area contributed by atoms with E-state index in [9.17, 15) is 9.18 Å². The van der Waals surface area contributed by atoms with Gasteiger partial charge in [-0.2, -0.15) is 0 Å².